The summed E-state index contributed by atoms with van der Waals surface area (Å²) in [6.45, 7) is 7.76. The molecule has 370 valence electrons. The fourth-order valence-corrected chi connectivity index (χ4v) is 7.18. The number of carbonyl (C=O) groups is 4. The highest BCUT2D eigenvalue weighted by Gasteiger charge is 2.34. The van der Waals surface area contributed by atoms with E-state index in [1.165, 1.54) is 12.1 Å². The summed E-state index contributed by atoms with van der Waals surface area (Å²) in [4.78, 5) is 63.6. The van der Waals surface area contributed by atoms with Crippen molar-refractivity contribution >= 4 is 24.1 Å². The molecule has 1 heterocycles. The molecule has 4 amide bonds. The van der Waals surface area contributed by atoms with Crippen LogP contribution < -0.4 is 20.7 Å². The first-order valence-corrected chi connectivity index (χ1v) is 23.0. The molecular weight excluding hydrogens is 875 g/mol. The Morgan fingerprint density at radius 1 is 0.750 bits per heavy atom. The highest BCUT2D eigenvalue weighted by atomic mass is 16.7. The minimum absolute atomic E-state index is 0.0544. The first-order chi connectivity index (χ1) is 32.3. The Morgan fingerprint density at radius 3 is 2.00 bits per heavy atom. The number of hydrogen-bond donors (Lipinski definition) is 9. The predicted octanol–water partition coefficient (Wildman–Crippen LogP) is 3.82. The molecule has 6 unspecified atom stereocenters. The number of phenolic OH excluding ortho intramolecular Hbond substituents is 1. The number of aliphatic hydroxyl groups is 5. The molecule has 1 aromatic heterocycles. The Balaban J connectivity index is 1.34. The standard InChI is InChI=1S/C51H69N5O12/c1-50(2,3)68-56(33-58)41(48(65)53-31-42(60)45(62)46(63)43(61)32-57)20-12-14-26-52-47(64)40(28-34-21-23-38(59)24-22-34)55-49(66)51(4,5)25-13-15-27-67-44-30-37(35-16-8-6-9-17-35)29-39(54-44)36-18-10-7-11-19-36/h6-11,16-19,21-24,29-30,33,40-43,45-46,57,59-63H,12-15,20,25-28,31-32H2,1-5H3,(H,52,64)(H,53,65)(H,55,66). The minimum atomic E-state index is -1.91. The fourth-order valence-electron chi connectivity index (χ4n) is 7.18. The van der Waals surface area contributed by atoms with Gasteiger partial charge in [-0.3, -0.25) is 24.0 Å². The van der Waals surface area contributed by atoms with Gasteiger partial charge in [0.1, 0.15) is 36.1 Å². The molecule has 0 fully saturated rings. The van der Waals surface area contributed by atoms with E-state index in [9.17, 15) is 44.7 Å². The second-order valence-corrected chi connectivity index (χ2v) is 18.4. The molecule has 0 radical (unpaired) electrons. The molecule has 17 heteroatoms. The van der Waals surface area contributed by atoms with Crippen LogP contribution in [-0.4, -0.2) is 133 Å². The molecule has 0 aliphatic carbocycles. The summed E-state index contributed by atoms with van der Waals surface area (Å²) >= 11 is 0. The molecular formula is C51H69N5O12. The van der Waals surface area contributed by atoms with Gasteiger partial charge in [-0.25, -0.2) is 10.0 Å². The number of hydroxylamine groups is 2. The van der Waals surface area contributed by atoms with Crippen LogP contribution in [0.15, 0.2) is 97.1 Å². The molecule has 6 atom stereocenters. The Kier molecular flexibility index (Phi) is 21.3. The predicted molar refractivity (Wildman–Crippen MR) is 255 cm³/mol. The van der Waals surface area contributed by atoms with Crippen LogP contribution in [0.1, 0.15) is 78.7 Å². The largest absolute Gasteiger partial charge is 0.508 e. The number of aromatic nitrogens is 1. The summed E-state index contributed by atoms with van der Waals surface area (Å²) in [5.41, 5.74) is 2.75. The average Bonchev–Trinajstić information content (AvgIpc) is 3.33. The molecule has 0 bridgehead atoms. The maximum atomic E-state index is 13.9. The number of amides is 4. The van der Waals surface area contributed by atoms with Crippen LogP contribution >= 0.6 is 0 Å². The molecule has 0 saturated heterocycles. The molecule has 0 saturated carbocycles. The smallest absolute Gasteiger partial charge is 0.245 e. The van der Waals surface area contributed by atoms with Crippen molar-refractivity contribution in [2.45, 2.75) is 122 Å². The third-order valence-corrected chi connectivity index (χ3v) is 11.1. The summed E-state index contributed by atoms with van der Waals surface area (Å²) < 4.78 is 6.17. The van der Waals surface area contributed by atoms with Gasteiger partial charge in [0.05, 0.1) is 30.6 Å². The van der Waals surface area contributed by atoms with Gasteiger partial charge in [0.15, 0.2) is 0 Å². The number of phenols is 1. The van der Waals surface area contributed by atoms with Crippen LogP contribution in [0.5, 0.6) is 11.6 Å². The van der Waals surface area contributed by atoms with Gasteiger partial charge in [0, 0.05) is 36.6 Å². The Bertz CT molecular complexity index is 2110. The van der Waals surface area contributed by atoms with Gasteiger partial charge < -0.3 is 51.3 Å². The number of nitrogens with one attached hydrogen (secondary N) is 3. The lowest BCUT2D eigenvalue weighted by Gasteiger charge is -2.32. The van der Waals surface area contributed by atoms with Crippen molar-refractivity contribution in [2.24, 2.45) is 5.41 Å². The normalized spacial score (nSPS) is 14.4. The minimum Gasteiger partial charge on any atom is -0.508 e. The molecule has 4 rings (SSSR count). The van der Waals surface area contributed by atoms with E-state index in [4.69, 9.17) is 19.7 Å². The van der Waals surface area contributed by atoms with E-state index in [0.29, 0.717) is 56.6 Å². The number of benzene rings is 3. The number of rotatable bonds is 28. The maximum absolute atomic E-state index is 13.9. The number of aliphatic hydroxyl groups excluding tert-OH is 5. The number of nitrogens with zero attached hydrogens (tertiary/aromatic N) is 2. The van der Waals surface area contributed by atoms with E-state index in [-0.39, 0.29) is 31.0 Å². The quantitative estimate of drug-likeness (QED) is 0.0223. The SMILES string of the molecule is CC(C)(C)ON(C=O)C(CCCCNC(=O)C(Cc1ccc(O)cc1)NC(=O)C(C)(C)CCCCOc1cc(-c2ccccc2)cc(-c2ccccc2)n1)C(=O)NCC(O)C(O)C(O)C(O)CO. The number of ether oxygens (including phenoxy) is 1. The summed E-state index contributed by atoms with van der Waals surface area (Å²) in [6, 6.07) is 28.0. The van der Waals surface area contributed by atoms with Crippen molar-refractivity contribution in [3.63, 3.8) is 0 Å². The number of hydrogen-bond acceptors (Lipinski definition) is 13. The lowest BCUT2D eigenvalue weighted by Crippen LogP contribution is -2.53. The summed E-state index contributed by atoms with van der Waals surface area (Å²) in [5.74, 6) is -0.961. The van der Waals surface area contributed by atoms with Gasteiger partial charge in [0.2, 0.25) is 30.0 Å². The molecule has 68 heavy (non-hydrogen) atoms. The second kappa shape index (κ2) is 26.6. The number of aromatic hydroxyl groups is 1. The molecule has 4 aromatic rings. The van der Waals surface area contributed by atoms with E-state index in [1.54, 1.807) is 32.9 Å². The topological polar surface area (TPSA) is 260 Å². The van der Waals surface area contributed by atoms with E-state index in [1.807, 2.05) is 86.6 Å². The molecule has 0 aliphatic heterocycles. The summed E-state index contributed by atoms with van der Waals surface area (Å²) in [5, 5.41) is 68.1. The van der Waals surface area contributed by atoms with Gasteiger partial charge in [-0.1, -0.05) is 86.6 Å². The van der Waals surface area contributed by atoms with Crippen LogP contribution in [0.2, 0.25) is 0 Å². The molecule has 17 nitrogen and oxygen atoms in total. The molecule has 0 aliphatic rings. The number of carbonyl (C=O) groups excluding carboxylic acids is 4. The third kappa shape index (κ3) is 17.6. The summed E-state index contributed by atoms with van der Waals surface area (Å²) in [7, 11) is 0. The van der Waals surface area contributed by atoms with Gasteiger partial charge >= 0.3 is 0 Å². The average molecular weight is 944 g/mol. The second-order valence-electron chi connectivity index (χ2n) is 18.4. The van der Waals surface area contributed by atoms with Gasteiger partial charge in [0.25, 0.3) is 0 Å². The van der Waals surface area contributed by atoms with E-state index in [2.05, 4.69) is 16.0 Å². The monoisotopic (exact) mass is 943 g/mol. The lowest BCUT2D eigenvalue weighted by molar-refractivity contribution is -0.232. The zero-order valence-electron chi connectivity index (χ0n) is 39.6. The maximum Gasteiger partial charge on any atom is 0.245 e. The summed E-state index contributed by atoms with van der Waals surface area (Å²) in [6.07, 6.45) is -4.28. The fraction of sp³-hybridized carbons (Fsp3) is 0.471. The van der Waals surface area contributed by atoms with E-state index >= 15 is 0 Å². The zero-order chi connectivity index (χ0) is 49.9. The van der Waals surface area contributed by atoms with E-state index in [0.717, 1.165) is 27.4 Å². The molecule has 0 spiro atoms. The Hall–Kier alpha value is -5.95. The zero-order valence-corrected chi connectivity index (χ0v) is 39.6. The van der Waals surface area contributed by atoms with Crippen molar-refractivity contribution in [3.05, 3.63) is 103 Å². The molecule has 3 aromatic carbocycles. The van der Waals surface area contributed by atoms with Gasteiger partial charge in [-0.05, 0) is 94.2 Å². The van der Waals surface area contributed by atoms with Crippen molar-refractivity contribution < 1.29 is 59.4 Å². The van der Waals surface area contributed by atoms with Crippen LogP contribution in [-0.2, 0) is 30.4 Å². The van der Waals surface area contributed by atoms with E-state index < -0.39 is 72.5 Å². The Morgan fingerprint density at radius 2 is 1.38 bits per heavy atom. The number of pyridine rings is 1. The van der Waals surface area contributed by atoms with Crippen molar-refractivity contribution in [3.8, 4) is 34.0 Å². The van der Waals surface area contributed by atoms with Crippen LogP contribution in [0.4, 0.5) is 0 Å². The first kappa shape index (κ1) is 54.7. The Labute approximate surface area is 398 Å². The van der Waals surface area contributed by atoms with Gasteiger partial charge in [-0.15, -0.1) is 0 Å². The highest BCUT2D eigenvalue weighted by Crippen LogP contribution is 2.30. The van der Waals surface area contributed by atoms with Crippen LogP contribution in [0, 0.1) is 5.41 Å². The van der Waals surface area contributed by atoms with Crippen LogP contribution in [0.25, 0.3) is 22.4 Å². The van der Waals surface area contributed by atoms with Crippen LogP contribution in [0.3, 0.4) is 0 Å². The van der Waals surface area contributed by atoms with Gasteiger partial charge in [-0.2, -0.15) is 0 Å². The first-order valence-electron chi connectivity index (χ1n) is 23.0. The number of unbranched alkanes of at least 4 members (excludes halogenated alkanes) is 2. The van der Waals surface area contributed by atoms with Crippen molar-refractivity contribution in [2.75, 3.05) is 26.3 Å². The molecule has 9 N–H and O–H groups in total. The third-order valence-electron chi connectivity index (χ3n) is 11.1. The van der Waals surface area contributed by atoms with Crippen molar-refractivity contribution in [1.29, 1.82) is 0 Å². The van der Waals surface area contributed by atoms with Crippen molar-refractivity contribution in [1.82, 2.24) is 26.0 Å². The highest BCUT2D eigenvalue weighted by molar-refractivity contribution is 5.90. The lowest BCUT2D eigenvalue weighted by atomic mass is 9.85.